The van der Waals surface area contributed by atoms with E-state index in [1.807, 2.05) is 23.1 Å². The van der Waals surface area contributed by atoms with Crippen molar-refractivity contribution in [2.45, 2.75) is 43.9 Å². The number of carbonyl (C=O) groups excluding carboxylic acids is 1. The van der Waals surface area contributed by atoms with Crippen LogP contribution in [0.2, 0.25) is 0 Å². The third-order valence-corrected chi connectivity index (χ3v) is 4.43. The van der Waals surface area contributed by atoms with Gasteiger partial charge in [-0.1, -0.05) is 26.2 Å². The molecule has 0 saturated heterocycles. The standard InChI is InChI=1S/C15H22N2OS/c1-2-3-4-5-6-15(18)17-9-10-19-14-8-7-12(16)11-13(14)17/h7-8,11H,2-6,9-10,16H2,1H3. The average Bonchev–Trinajstić information content (AvgIpc) is 2.42. The summed E-state index contributed by atoms with van der Waals surface area (Å²) in [7, 11) is 0. The predicted molar refractivity (Wildman–Crippen MR) is 82.7 cm³/mol. The second kappa shape index (κ2) is 6.85. The molecule has 4 heteroatoms. The molecule has 0 aliphatic carbocycles. The molecule has 0 saturated carbocycles. The van der Waals surface area contributed by atoms with E-state index >= 15 is 0 Å². The maximum Gasteiger partial charge on any atom is 0.227 e. The lowest BCUT2D eigenvalue weighted by molar-refractivity contribution is -0.118. The first-order valence-electron chi connectivity index (χ1n) is 7.05. The number of hydrogen-bond acceptors (Lipinski definition) is 3. The molecule has 1 aromatic rings. The molecule has 3 nitrogen and oxygen atoms in total. The number of rotatable bonds is 5. The van der Waals surface area contributed by atoms with Gasteiger partial charge in [0.2, 0.25) is 5.91 Å². The van der Waals surface area contributed by atoms with Crippen LogP contribution in [0.3, 0.4) is 0 Å². The Morgan fingerprint density at radius 1 is 1.37 bits per heavy atom. The summed E-state index contributed by atoms with van der Waals surface area (Å²) in [5.41, 5.74) is 7.56. The van der Waals surface area contributed by atoms with Gasteiger partial charge in [0.15, 0.2) is 0 Å². The molecule has 104 valence electrons. The van der Waals surface area contributed by atoms with Gasteiger partial charge in [-0.2, -0.15) is 0 Å². The normalized spacial score (nSPS) is 14.3. The predicted octanol–water partition coefficient (Wildman–Crippen LogP) is 3.68. The molecule has 0 aromatic heterocycles. The fourth-order valence-corrected chi connectivity index (χ4v) is 3.31. The zero-order valence-corrected chi connectivity index (χ0v) is 12.3. The van der Waals surface area contributed by atoms with Crippen LogP contribution < -0.4 is 10.6 Å². The van der Waals surface area contributed by atoms with E-state index in [-0.39, 0.29) is 5.91 Å². The number of unbranched alkanes of at least 4 members (excludes halogenated alkanes) is 3. The van der Waals surface area contributed by atoms with Gasteiger partial charge in [0, 0.05) is 29.3 Å². The van der Waals surface area contributed by atoms with Crippen molar-refractivity contribution in [3.05, 3.63) is 18.2 Å². The number of fused-ring (bicyclic) bond motifs is 1. The van der Waals surface area contributed by atoms with E-state index in [0.29, 0.717) is 6.42 Å². The molecule has 0 unspecified atom stereocenters. The van der Waals surface area contributed by atoms with Crippen LogP contribution in [-0.2, 0) is 4.79 Å². The van der Waals surface area contributed by atoms with Gasteiger partial charge in [-0.25, -0.2) is 0 Å². The van der Waals surface area contributed by atoms with E-state index in [1.54, 1.807) is 11.8 Å². The second-order valence-corrected chi connectivity index (χ2v) is 6.07. The molecule has 0 atom stereocenters. The highest BCUT2D eigenvalue weighted by Crippen LogP contribution is 2.36. The van der Waals surface area contributed by atoms with Crippen LogP contribution in [-0.4, -0.2) is 18.2 Å². The first kappa shape index (κ1) is 14.3. The van der Waals surface area contributed by atoms with Gasteiger partial charge in [-0.15, -0.1) is 11.8 Å². The van der Waals surface area contributed by atoms with Crippen molar-refractivity contribution in [2.75, 3.05) is 22.9 Å². The number of hydrogen-bond donors (Lipinski definition) is 1. The first-order chi connectivity index (χ1) is 9.22. The van der Waals surface area contributed by atoms with E-state index in [0.717, 1.165) is 36.5 Å². The molecule has 1 aliphatic heterocycles. The molecule has 2 N–H and O–H groups in total. The molecule has 1 aliphatic rings. The van der Waals surface area contributed by atoms with Gasteiger partial charge in [0.1, 0.15) is 0 Å². The smallest absolute Gasteiger partial charge is 0.227 e. The minimum Gasteiger partial charge on any atom is -0.399 e. The molecule has 0 bridgehead atoms. The topological polar surface area (TPSA) is 46.3 Å². The molecule has 1 heterocycles. The number of carbonyl (C=O) groups is 1. The summed E-state index contributed by atoms with van der Waals surface area (Å²) in [6, 6.07) is 5.85. The number of benzene rings is 1. The third kappa shape index (κ3) is 3.66. The monoisotopic (exact) mass is 278 g/mol. The van der Waals surface area contributed by atoms with E-state index in [1.165, 1.54) is 17.7 Å². The second-order valence-electron chi connectivity index (χ2n) is 4.93. The summed E-state index contributed by atoms with van der Waals surface area (Å²) in [6.07, 6.45) is 5.21. The van der Waals surface area contributed by atoms with Crippen LogP contribution in [0.1, 0.15) is 39.0 Å². The fraction of sp³-hybridized carbons (Fsp3) is 0.533. The van der Waals surface area contributed by atoms with E-state index in [9.17, 15) is 4.79 Å². The van der Waals surface area contributed by atoms with Crippen molar-refractivity contribution in [1.29, 1.82) is 0 Å². The zero-order valence-electron chi connectivity index (χ0n) is 11.5. The largest absolute Gasteiger partial charge is 0.399 e. The minimum atomic E-state index is 0.239. The van der Waals surface area contributed by atoms with Gasteiger partial charge in [0.25, 0.3) is 0 Å². The Kier molecular flexibility index (Phi) is 5.14. The Hall–Kier alpha value is -1.16. The highest BCUT2D eigenvalue weighted by Gasteiger charge is 2.22. The lowest BCUT2D eigenvalue weighted by atomic mass is 10.1. The van der Waals surface area contributed by atoms with Gasteiger partial charge < -0.3 is 10.6 Å². The van der Waals surface area contributed by atoms with Crippen molar-refractivity contribution in [1.82, 2.24) is 0 Å². The van der Waals surface area contributed by atoms with Gasteiger partial charge in [-0.05, 0) is 24.6 Å². The molecule has 0 fully saturated rings. The quantitative estimate of drug-likeness (QED) is 0.660. The molecule has 0 spiro atoms. The van der Waals surface area contributed by atoms with Crippen LogP contribution >= 0.6 is 11.8 Å². The Morgan fingerprint density at radius 2 is 2.21 bits per heavy atom. The maximum atomic E-state index is 12.3. The number of amides is 1. The van der Waals surface area contributed by atoms with Crippen LogP contribution in [0, 0.1) is 0 Å². The lowest BCUT2D eigenvalue weighted by Gasteiger charge is -2.29. The number of nitrogen functional groups attached to an aromatic ring is 1. The summed E-state index contributed by atoms with van der Waals surface area (Å²) in [6.45, 7) is 2.98. The molecule has 2 rings (SSSR count). The summed E-state index contributed by atoms with van der Waals surface area (Å²) in [4.78, 5) is 15.4. The van der Waals surface area contributed by atoms with Crippen molar-refractivity contribution < 1.29 is 4.79 Å². The highest BCUT2D eigenvalue weighted by atomic mass is 32.2. The molecule has 19 heavy (non-hydrogen) atoms. The average molecular weight is 278 g/mol. The van der Waals surface area contributed by atoms with E-state index in [2.05, 4.69) is 6.92 Å². The van der Waals surface area contributed by atoms with Crippen LogP contribution in [0.5, 0.6) is 0 Å². The lowest BCUT2D eigenvalue weighted by Crippen LogP contribution is -2.35. The van der Waals surface area contributed by atoms with E-state index in [4.69, 9.17) is 5.73 Å². The Labute approximate surface area is 119 Å². The van der Waals surface area contributed by atoms with Crippen LogP contribution in [0.25, 0.3) is 0 Å². The van der Waals surface area contributed by atoms with Crippen LogP contribution in [0.4, 0.5) is 11.4 Å². The summed E-state index contributed by atoms with van der Waals surface area (Å²) in [5.74, 6) is 1.21. The fourth-order valence-electron chi connectivity index (χ4n) is 2.33. The first-order valence-corrected chi connectivity index (χ1v) is 8.03. The molecule has 1 amide bonds. The van der Waals surface area contributed by atoms with Crippen LogP contribution in [0.15, 0.2) is 23.1 Å². The molecule has 0 radical (unpaired) electrons. The third-order valence-electron chi connectivity index (χ3n) is 3.39. The zero-order chi connectivity index (χ0) is 13.7. The van der Waals surface area contributed by atoms with Crippen molar-refractivity contribution in [3.8, 4) is 0 Å². The van der Waals surface area contributed by atoms with Gasteiger partial charge in [-0.3, -0.25) is 4.79 Å². The minimum absolute atomic E-state index is 0.239. The van der Waals surface area contributed by atoms with Crippen molar-refractivity contribution in [2.24, 2.45) is 0 Å². The Morgan fingerprint density at radius 3 is 3.00 bits per heavy atom. The van der Waals surface area contributed by atoms with Crippen molar-refractivity contribution in [3.63, 3.8) is 0 Å². The number of nitrogens with two attached hydrogens (primary N) is 1. The molecular formula is C15H22N2OS. The maximum absolute atomic E-state index is 12.3. The summed E-state index contributed by atoms with van der Waals surface area (Å²) in [5, 5.41) is 0. The summed E-state index contributed by atoms with van der Waals surface area (Å²) < 4.78 is 0. The molecule has 1 aromatic carbocycles. The van der Waals surface area contributed by atoms with Gasteiger partial charge in [0.05, 0.1) is 5.69 Å². The number of nitrogens with zero attached hydrogens (tertiary/aromatic N) is 1. The van der Waals surface area contributed by atoms with Gasteiger partial charge >= 0.3 is 0 Å². The highest BCUT2D eigenvalue weighted by molar-refractivity contribution is 7.99. The van der Waals surface area contributed by atoms with E-state index < -0.39 is 0 Å². The molecular weight excluding hydrogens is 256 g/mol. The SMILES string of the molecule is CCCCCCC(=O)N1CCSc2ccc(N)cc21. The Bertz CT molecular complexity index is 448. The summed E-state index contributed by atoms with van der Waals surface area (Å²) >= 11 is 1.80. The Balaban J connectivity index is 2.02. The van der Waals surface area contributed by atoms with Crippen molar-refractivity contribution >= 4 is 29.0 Å². The number of anilines is 2. The number of thioether (sulfide) groups is 1.